The van der Waals surface area contributed by atoms with Crippen molar-refractivity contribution in [2.75, 3.05) is 14.2 Å². The number of nitrogens with zero attached hydrogens (tertiary/aromatic N) is 2. The fraction of sp³-hybridized carbons (Fsp3) is 0.0526. The van der Waals surface area contributed by atoms with Gasteiger partial charge in [-0.15, -0.1) is 0 Å². The fourth-order valence-corrected chi connectivity index (χ4v) is 5.51. The quantitative estimate of drug-likeness (QED) is 0.190. The molecule has 0 radical (unpaired) electrons. The third kappa shape index (κ3) is 5.03. The lowest BCUT2D eigenvalue weighted by Crippen LogP contribution is -1.96. The van der Waals surface area contributed by atoms with Gasteiger partial charge in [0.25, 0.3) is 0 Å². The molecule has 214 valence electrons. The Bertz CT molecular complexity index is 1750. The van der Waals surface area contributed by atoms with Crippen LogP contribution in [0.25, 0.3) is 67.8 Å². The van der Waals surface area contributed by atoms with Crippen LogP contribution in [0.4, 0.5) is 0 Å². The van der Waals surface area contributed by atoms with Crippen LogP contribution >= 0.6 is 0 Å². The summed E-state index contributed by atoms with van der Waals surface area (Å²) in [7, 11) is 3.34. The molecule has 6 nitrogen and oxygen atoms in total. The molecular weight excluding hydrogens is 544 g/mol. The highest BCUT2D eigenvalue weighted by Gasteiger charge is 2.23. The van der Waals surface area contributed by atoms with Gasteiger partial charge in [-0.3, -0.25) is 0 Å². The molecule has 0 atom stereocenters. The molecule has 0 aliphatic heterocycles. The summed E-state index contributed by atoms with van der Waals surface area (Å²) in [5, 5.41) is 0. The van der Waals surface area contributed by atoms with E-state index in [2.05, 4.69) is 58.5 Å². The number of benzene rings is 5. The Balaban J connectivity index is 1.39. The van der Waals surface area contributed by atoms with Gasteiger partial charge in [0.2, 0.25) is 0 Å². The van der Waals surface area contributed by atoms with Crippen molar-refractivity contribution in [2.24, 2.45) is 0 Å². The minimum absolute atomic E-state index is 0.646. The molecule has 0 unspecified atom stereocenters. The third-order valence-corrected chi connectivity index (χ3v) is 7.66. The van der Waals surface area contributed by atoms with Crippen LogP contribution in [-0.2, 0) is 0 Å². The van der Waals surface area contributed by atoms with E-state index in [1.807, 2.05) is 84.9 Å². The smallest absolute Gasteiger partial charge is 0.142 e. The van der Waals surface area contributed by atoms with Crippen molar-refractivity contribution < 1.29 is 9.47 Å². The molecule has 7 aromatic rings. The molecule has 44 heavy (non-hydrogen) atoms. The minimum Gasteiger partial charge on any atom is -0.496 e. The SMILES string of the molecule is COc1cc(-c2nc(-c3ccccc3)c(-c3ccccc3)[nH]2)c(OC)cc1-c1nc(-c2ccccc2)c(-c2ccccc2)[nH]1. The Labute approximate surface area is 256 Å². The normalized spacial score (nSPS) is 11.0. The largest absolute Gasteiger partial charge is 0.496 e. The monoisotopic (exact) mass is 574 g/mol. The predicted molar refractivity (Wildman–Crippen MR) is 176 cm³/mol. The van der Waals surface area contributed by atoms with Crippen LogP contribution in [0.15, 0.2) is 133 Å². The van der Waals surface area contributed by atoms with Crippen LogP contribution in [0.2, 0.25) is 0 Å². The summed E-state index contributed by atoms with van der Waals surface area (Å²) >= 11 is 0. The average Bonchev–Trinajstić information content (AvgIpc) is 3.75. The van der Waals surface area contributed by atoms with Gasteiger partial charge in [-0.25, -0.2) is 9.97 Å². The molecule has 0 spiro atoms. The maximum absolute atomic E-state index is 5.97. The van der Waals surface area contributed by atoms with Gasteiger partial charge in [0.15, 0.2) is 0 Å². The lowest BCUT2D eigenvalue weighted by atomic mass is 10.1. The molecule has 0 bridgehead atoms. The Morgan fingerprint density at radius 1 is 0.432 bits per heavy atom. The van der Waals surface area contributed by atoms with Crippen molar-refractivity contribution in [1.29, 1.82) is 0 Å². The van der Waals surface area contributed by atoms with Crippen LogP contribution in [0.3, 0.4) is 0 Å². The number of methoxy groups -OCH3 is 2. The van der Waals surface area contributed by atoms with Crippen molar-refractivity contribution in [1.82, 2.24) is 19.9 Å². The van der Waals surface area contributed by atoms with Gasteiger partial charge in [-0.2, -0.15) is 0 Å². The first-order valence-electron chi connectivity index (χ1n) is 14.4. The van der Waals surface area contributed by atoms with Gasteiger partial charge in [-0.05, 0) is 12.1 Å². The van der Waals surface area contributed by atoms with Crippen LogP contribution < -0.4 is 9.47 Å². The standard InChI is InChI=1S/C38H30N4O2/c1-43-31-23-30(38-41-35(27-19-11-5-12-20-27)36(42-38)28-21-13-6-14-22-28)32(44-2)24-29(31)37-39-33(25-15-7-3-8-16-25)34(40-37)26-17-9-4-10-18-26/h3-24H,1-2H3,(H,39,40)(H,41,42). The van der Waals surface area contributed by atoms with Crippen LogP contribution in [0.5, 0.6) is 11.5 Å². The summed E-state index contributed by atoms with van der Waals surface area (Å²) in [6, 6.07) is 44.7. The number of nitrogens with one attached hydrogen (secondary N) is 2. The van der Waals surface area contributed by atoms with Crippen molar-refractivity contribution >= 4 is 0 Å². The van der Waals surface area contributed by atoms with E-state index >= 15 is 0 Å². The number of hydrogen-bond acceptors (Lipinski definition) is 4. The molecule has 2 aromatic heterocycles. The number of imidazole rings is 2. The summed E-state index contributed by atoms with van der Waals surface area (Å²) in [6.07, 6.45) is 0. The van der Waals surface area contributed by atoms with E-state index in [4.69, 9.17) is 19.4 Å². The highest BCUT2D eigenvalue weighted by Crippen LogP contribution is 2.43. The molecule has 0 saturated carbocycles. The van der Waals surface area contributed by atoms with Crippen molar-refractivity contribution in [3.8, 4) is 79.3 Å². The predicted octanol–water partition coefficient (Wildman–Crippen LogP) is 9.15. The second-order valence-corrected chi connectivity index (χ2v) is 10.3. The van der Waals surface area contributed by atoms with Crippen LogP contribution in [0.1, 0.15) is 0 Å². The molecule has 2 heterocycles. The zero-order chi connectivity index (χ0) is 29.9. The second-order valence-electron chi connectivity index (χ2n) is 10.3. The number of aromatic amines is 2. The lowest BCUT2D eigenvalue weighted by molar-refractivity contribution is 0.405. The molecule has 0 amide bonds. The topological polar surface area (TPSA) is 75.8 Å². The zero-order valence-electron chi connectivity index (χ0n) is 24.4. The fourth-order valence-electron chi connectivity index (χ4n) is 5.51. The Morgan fingerprint density at radius 3 is 1.07 bits per heavy atom. The molecule has 7 rings (SSSR count). The van der Waals surface area contributed by atoms with E-state index in [-0.39, 0.29) is 0 Å². The van der Waals surface area contributed by atoms with E-state index in [0.717, 1.165) is 56.2 Å². The van der Waals surface area contributed by atoms with Gasteiger partial charge < -0.3 is 19.4 Å². The molecule has 5 aromatic carbocycles. The Kier molecular flexibility index (Phi) is 7.22. The number of H-pyrrole nitrogens is 2. The molecule has 6 heteroatoms. The highest BCUT2D eigenvalue weighted by atomic mass is 16.5. The molecule has 0 saturated heterocycles. The molecule has 0 aliphatic rings. The van der Waals surface area contributed by atoms with Gasteiger partial charge in [0, 0.05) is 22.3 Å². The van der Waals surface area contributed by atoms with E-state index in [9.17, 15) is 0 Å². The summed E-state index contributed by atoms with van der Waals surface area (Å²) in [4.78, 5) is 17.4. The molecular formula is C38H30N4O2. The van der Waals surface area contributed by atoms with Crippen molar-refractivity contribution in [3.05, 3.63) is 133 Å². The first-order chi connectivity index (χ1) is 21.7. The maximum Gasteiger partial charge on any atom is 0.142 e. The molecule has 2 N–H and O–H groups in total. The van der Waals surface area contributed by atoms with Gasteiger partial charge in [0.1, 0.15) is 23.1 Å². The first kappa shape index (κ1) is 27.0. The highest BCUT2D eigenvalue weighted by molar-refractivity contribution is 5.86. The summed E-state index contributed by atoms with van der Waals surface area (Å²) in [6.45, 7) is 0. The van der Waals surface area contributed by atoms with Crippen LogP contribution in [-0.4, -0.2) is 34.2 Å². The first-order valence-corrected chi connectivity index (χ1v) is 14.4. The lowest BCUT2D eigenvalue weighted by Gasteiger charge is -2.13. The maximum atomic E-state index is 5.97. The van der Waals surface area contributed by atoms with E-state index < -0.39 is 0 Å². The summed E-state index contributed by atoms with van der Waals surface area (Å²) in [5.74, 6) is 2.65. The Morgan fingerprint density at radius 2 is 0.750 bits per heavy atom. The number of rotatable bonds is 8. The van der Waals surface area contributed by atoms with Crippen molar-refractivity contribution in [2.45, 2.75) is 0 Å². The summed E-state index contributed by atoms with van der Waals surface area (Å²) < 4.78 is 11.9. The minimum atomic E-state index is 0.646. The van der Waals surface area contributed by atoms with Gasteiger partial charge in [-0.1, -0.05) is 121 Å². The van der Waals surface area contributed by atoms with Gasteiger partial charge >= 0.3 is 0 Å². The number of aromatic nitrogens is 4. The molecule has 0 fully saturated rings. The third-order valence-electron chi connectivity index (χ3n) is 7.66. The summed E-state index contributed by atoms with van der Waals surface area (Å²) in [5.41, 5.74) is 9.30. The van der Waals surface area contributed by atoms with Crippen molar-refractivity contribution in [3.63, 3.8) is 0 Å². The van der Waals surface area contributed by atoms with Gasteiger partial charge in [0.05, 0.1) is 48.1 Å². The van der Waals surface area contributed by atoms with E-state index in [1.54, 1.807) is 14.2 Å². The second kappa shape index (κ2) is 11.8. The van der Waals surface area contributed by atoms with Crippen LogP contribution in [0, 0.1) is 0 Å². The average molecular weight is 575 g/mol. The number of hydrogen-bond donors (Lipinski definition) is 2. The van der Waals surface area contributed by atoms with E-state index in [0.29, 0.717) is 23.1 Å². The molecule has 0 aliphatic carbocycles. The zero-order valence-corrected chi connectivity index (χ0v) is 24.4. The Hall–Kier alpha value is -5.88. The number of ether oxygens (including phenoxy) is 2. The van der Waals surface area contributed by atoms with E-state index in [1.165, 1.54) is 0 Å².